The second-order valence-electron chi connectivity index (χ2n) is 7.49. The first-order valence-corrected chi connectivity index (χ1v) is 9.54. The van der Waals surface area contributed by atoms with Crippen LogP contribution in [-0.4, -0.2) is 51.1 Å². The van der Waals surface area contributed by atoms with Crippen LogP contribution in [0.15, 0.2) is 36.4 Å². The van der Waals surface area contributed by atoms with Crippen molar-refractivity contribution >= 4 is 17.6 Å². The largest absolute Gasteiger partial charge is 0.481 e. The summed E-state index contributed by atoms with van der Waals surface area (Å²) in [6.07, 6.45) is 0. The van der Waals surface area contributed by atoms with E-state index in [-0.39, 0.29) is 19.1 Å². The van der Waals surface area contributed by atoms with Crippen molar-refractivity contribution in [3.05, 3.63) is 58.7 Å². The van der Waals surface area contributed by atoms with Crippen LogP contribution in [-0.2, 0) is 20.9 Å². The van der Waals surface area contributed by atoms with E-state index in [9.17, 15) is 9.59 Å². The van der Waals surface area contributed by atoms with Crippen LogP contribution < -0.4 is 9.64 Å². The number of anilines is 1. The third kappa shape index (κ3) is 6.52. The Balaban J connectivity index is 1.79. The van der Waals surface area contributed by atoms with Crippen molar-refractivity contribution in [3.8, 4) is 5.75 Å². The van der Waals surface area contributed by atoms with Crippen LogP contribution in [0.4, 0.5) is 5.69 Å². The average molecular weight is 399 g/mol. The van der Waals surface area contributed by atoms with E-state index in [2.05, 4.69) is 0 Å². The summed E-state index contributed by atoms with van der Waals surface area (Å²) in [5, 5.41) is 0. The van der Waals surface area contributed by atoms with E-state index in [1.165, 1.54) is 4.90 Å². The van der Waals surface area contributed by atoms with Gasteiger partial charge in [-0.25, -0.2) is 4.79 Å². The van der Waals surface area contributed by atoms with Crippen molar-refractivity contribution < 1.29 is 19.1 Å². The fourth-order valence-corrected chi connectivity index (χ4v) is 3.08. The van der Waals surface area contributed by atoms with Gasteiger partial charge < -0.3 is 19.3 Å². The Labute approximate surface area is 173 Å². The summed E-state index contributed by atoms with van der Waals surface area (Å²) in [6.45, 7) is 5.79. The van der Waals surface area contributed by atoms with Gasteiger partial charge in [0.1, 0.15) is 5.75 Å². The van der Waals surface area contributed by atoms with Gasteiger partial charge in [-0.3, -0.25) is 4.79 Å². The molecule has 0 aliphatic heterocycles. The number of hydrogen-bond acceptors (Lipinski definition) is 5. The molecule has 0 atom stereocenters. The molecule has 0 aliphatic rings. The topological polar surface area (TPSA) is 59.1 Å². The summed E-state index contributed by atoms with van der Waals surface area (Å²) in [5.41, 5.74) is 5.17. The molecule has 0 unspecified atom stereocenters. The van der Waals surface area contributed by atoms with Gasteiger partial charge in [0.2, 0.25) is 0 Å². The monoisotopic (exact) mass is 398 g/mol. The number of hydrogen-bond donors (Lipinski definition) is 0. The fraction of sp³-hybridized carbons (Fsp3) is 0.391. The van der Waals surface area contributed by atoms with Gasteiger partial charge in [0.15, 0.2) is 13.2 Å². The molecule has 2 aromatic rings. The van der Waals surface area contributed by atoms with Gasteiger partial charge >= 0.3 is 5.97 Å². The normalized spacial score (nSPS) is 10.4. The van der Waals surface area contributed by atoms with Crippen molar-refractivity contribution in [2.45, 2.75) is 27.3 Å². The highest BCUT2D eigenvalue weighted by atomic mass is 16.6. The molecule has 0 saturated heterocycles. The lowest BCUT2D eigenvalue weighted by atomic mass is 10.1. The Morgan fingerprint density at radius 1 is 0.897 bits per heavy atom. The molecule has 0 fully saturated rings. The number of amides is 1. The Kier molecular flexibility index (Phi) is 7.65. The summed E-state index contributed by atoms with van der Waals surface area (Å²) < 4.78 is 10.7. The zero-order valence-corrected chi connectivity index (χ0v) is 18.1. The maximum Gasteiger partial charge on any atom is 0.344 e. The molecule has 156 valence electrons. The molecule has 0 spiro atoms. The molecule has 6 nitrogen and oxygen atoms in total. The number of rotatable bonds is 8. The van der Waals surface area contributed by atoms with E-state index in [0.717, 1.165) is 27.9 Å². The predicted octanol–water partition coefficient (Wildman–Crippen LogP) is 3.26. The molecule has 0 aliphatic carbocycles. The number of likely N-dealkylation sites (N-methyl/N-ethyl adjacent to an activating group) is 1. The van der Waals surface area contributed by atoms with Crippen molar-refractivity contribution in [2.24, 2.45) is 0 Å². The van der Waals surface area contributed by atoms with Crippen LogP contribution in [0.1, 0.15) is 22.3 Å². The molecular formula is C23H30N2O4. The molecule has 0 bridgehead atoms. The lowest BCUT2D eigenvalue weighted by Crippen LogP contribution is -2.31. The number of benzene rings is 2. The van der Waals surface area contributed by atoms with Crippen molar-refractivity contribution in [1.82, 2.24) is 4.90 Å². The molecule has 0 radical (unpaired) electrons. The van der Waals surface area contributed by atoms with E-state index in [0.29, 0.717) is 12.3 Å². The molecule has 2 aromatic carbocycles. The minimum absolute atomic E-state index is 0.228. The van der Waals surface area contributed by atoms with Crippen molar-refractivity contribution in [2.75, 3.05) is 39.3 Å². The second-order valence-corrected chi connectivity index (χ2v) is 7.49. The number of carbonyl (C=O) groups is 2. The fourth-order valence-electron chi connectivity index (χ4n) is 3.08. The van der Waals surface area contributed by atoms with Crippen LogP contribution in [0.3, 0.4) is 0 Å². The van der Waals surface area contributed by atoms with Crippen molar-refractivity contribution in [3.63, 3.8) is 0 Å². The first-order chi connectivity index (χ1) is 13.7. The van der Waals surface area contributed by atoms with Crippen LogP contribution in [0.5, 0.6) is 5.75 Å². The van der Waals surface area contributed by atoms with Gasteiger partial charge in [0.25, 0.3) is 5.91 Å². The Bertz CT molecular complexity index is 837. The number of nitrogens with zero attached hydrogens (tertiary/aromatic N) is 2. The van der Waals surface area contributed by atoms with Crippen LogP contribution in [0.2, 0.25) is 0 Å². The smallest absolute Gasteiger partial charge is 0.344 e. The highest BCUT2D eigenvalue weighted by Gasteiger charge is 2.14. The molecule has 0 N–H and O–H groups in total. The molecule has 29 heavy (non-hydrogen) atoms. The molecule has 0 saturated carbocycles. The first kappa shape index (κ1) is 22.3. The SMILES string of the molecule is Cc1cc(C)c(OCC(=O)OCC(=O)N(C)Cc2ccc(N(C)C)cc2)c(C)c1. The van der Waals surface area contributed by atoms with Gasteiger partial charge in [-0.2, -0.15) is 0 Å². The van der Waals surface area contributed by atoms with Crippen LogP contribution >= 0.6 is 0 Å². The quantitative estimate of drug-likeness (QED) is 0.639. The molecule has 2 rings (SSSR count). The summed E-state index contributed by atoms with van der Waals surface area (Å²) in [4.78, 5) is 27.8. The number of ether oxygens (including phenoxy) is 2. The summed E-state index contributed by atoms with van der Waals surface area (Å²) in [6, 6.07) is 11.9. The van der Waals surface area contributed by atoms with Gasteiger partial charge in [-0.1, -0.05) is 29.8 Å². The first-order valence-electron chi connectivity index (χ1n) is 9.54. The van der Waals surface area contributed by atoms with Crippen molar-refractivity contribution in [1.29, 1.82) is 0 Å². The third-order valence-corrected chi connectivity index (χ3v) is 4.59. The van der Waals surface area contributed by atoms with Crippen LogP contribution in [0.25, 0.3) is 0 Å². The predicted molar refractivity (Wildman–Crippen MR) is 114 cm³/mol. The highest BCUT2D eigenvalue weighted by molar-refractivity contribution is 5.80. The van der Waals surface area contributed by atoms with E-state index in [1.54, 1.807) is 7.05 Å². The lowest BCUT2D eigenvalue weighted by molar-refractivity contribution is -0.153. The average Bonchev–Trinajstić information content (AvgIpc) is 2.65. The lowest BCUT2D eigenvalue weighted by Gasteiger charge is -2.18. The van der Waals surface area contributed by atoms with Gasteiger partial charge in [-0.15, -0.1) is 0 Å². The summed E-state index contributed by atoms with van der Waals surface area (Å²) >= 11 is 0. The van der Waals surface area contributed by atoms with Gasteiger partial charge in [0, 0.05) is 33.4 Å². The standard InChI is InChI=1S/C23H30N2O4/c1-16-11-17(2)23(18(3)12-16)29-15-22(27)28-14-21(26)25(6)13-19-7-9-20(10-8-19)24(4)5/h7-12H,13-15H2,1-6H3. The number of esters is 1. The minimum Gasteiger partial charge on any atom is -0.481 e. The Hall–Kier alpha value is -3.02. The molecule has 6 heteroatoms. The highest BCUT2D eigenvalue weighted by Crippen LogP contribution is 2.24. The maximum absolute atomic E-state index is 12.2. The maximum atomic E-state index is 12.2. The van der Waals surface area contributed by atoms with Crippen LogP contribution in [0, 0.1) is 20.8 Å². The molecular weight excluding hydrogens is 368 g/mol. The van der Waals surface area contributed by atoms with E-state index in [4.69, 9.17) is 9.47 Å². The minimum atomic E-state index is -0.568. The Morgan fingerprint density at radius 3 is 2.03 bits per heavy atom. The van der Waals surface area contributed by atoms with E-state index in [1.807, 2.05) is 76.2 Å². The zero-order chi connectivity index (χ0) is 21.6. The Morgan fingerprint density at radius 2 is 1.48 bits per heavy atom. The third-order valence-electron chi connectivity index (χ3n) is 4.59. The molecule has 0 aromatic heterocycles. The van der Waals surface area contributed by atoms with E-state index < -0.39 is 5.97 Å². The van der Waals surface area contributed by atoms with Gasteiger partial charge in [0.05, 0.1) is 0 Å². The molecule has 1 amide bonds. The second kappa shape index (κ2) is 9.96. The zero-order valence-electron chi connectivity index (χ0n) is 18.1. The van der Waals surface area contributed by atoms with Gasteiger partial charge in [-0.05, 0) is 49.6 Å². The molecule has 0 heterocycles. The number of carbonyl (C=O) groups excluding carboxylic acids is 2. The number of aryl methyl sites for hydroxylation is 3. The summed E-state index contributed by atoms with van der Waals surface area (Å²) in [7, 11) is 5.64. The van der Waals surface area contributed by atoms with E-state index >= 15 is 0 Å². The summed E-state index contributed by atoms with van der Waals surface area (Å²) in [5.74, 6) is -0.156.